The van der Waals surface area contributed by atoms with Crippen molar-refractivity contribution in [3.63, 3.8) is 0 Å². The molecule has 0 radical (unpaired) electrons. The van der Waals surface area contributed by atoms with Crippen LogP contribution in [0.15, 0.2) is 61.2 Å². The van der Waals surface area contributed by atoms with E-state index < -0.39 is 0 Å². The van der Waals surface area contributed by atoms with E-state index >= 15 is 0 Å². The summed E-state index contributed by atoms with van der Waals surface area (Å²) in [6, 6.07) is 16.8. The third kappa shape index (κ3) is 3.89. The highest BCUT2D eigenvalue weighted by atomic mass is 14.9. The van der Waals surface area contributed by atoms with Crippen LogP contribution in [-0.4, -0.2) is 6.54 Å². The second-order valence-corrected chi connectivity index (χ2v) is 5.15. The minimum absolute atomic E-state index is 0.565. The van der Waals surface area contributed by atoms with Gasteiger partial charge in [-0.15, -0.1) is 6.58 Å². The molecule has 2 aromatic rings. The molecule has 0 aliphatic carbocycles. The fourth-order valence-electron chi connectivity index (χ4n) is 2.01. The first-order chi connectivity index (χ1) is 9.69. The quantitative estimate of drug-likeness (QED) is 0.706. The first-order valence-electron chi connectivity index (χ1n) is 7.01. The van der Waals surface area contributed by atoms with Crippen molar-refractivity contribution < 1.29 is 0 Å². The predicted molar refractivity (Wildman–Crippen MR) is 88.9 cm³/mol. The minimum atomic E-state index is 0.565. The van der Waals surface area contributed by atoms with E-state index in [1.165, 1.54) is 5.56 Å². The Bertz CT molecular complexity index is 556. The number of hydrogen-bond acceptors (Lipinski definition) is 2. The summed E-state index contributed by atoms with van der Waals surface area (Å²) in [4.78, 5) is 0. The van der Waals surface area contributed by atoms with Crippen molar-refractivity contribution in [1.82, 2.24) is 0 Å². The number of anilines is 3. The van der Waals surface area contributed by atoms with Gasteiger partial charge in [-0.2, -0.15) is 0 Å². The maximum atomic E-state index is 3.71. The second kappa shape index (κ2) is 6.80. The summed E-state index contributed by atoms with van der Waals surface area (Å²) in [5, 5.41) is 6.71. The van der Waals surface area contributed by atoms with Crippen molar-refractivity contribution in [3.05, 3.63) is 66.7 Å². The largest absolute Gasteiger partial charge is 0.382 e. The van der Waals surface area contributed by atoms with E-state index in [1.807, 2.05) is 12.1 Å². The van der Waals surface area contributed by atoms with Crippen LogP contribution in [0, 0.1) is 0 Å². The zero-order chi connectivity index (χ0) is 14.4. The lowest BCUT2D eigenvalue weighted by atomic mass is 10.0. The molecule has 2 N–H and O–H groups in total. The summed E-state index contributed by atoms with van der Waals surface area (Å²) in [6.45, 7) is 8.89. The summed E-state index contributed by atoms with van der Waals surface area (Å²) < 4.78 is 0. The third-order valence-electron chi connectivity index (χ3n) is 3.18. The number of nitrogens with one attached hydrogen (secondary N) is 2. The van der Waals surface area contributed by atoms with E-state index in [9.17, 15) is 0 Å². The molecule has 2 heteroatoms. The molecule has 2 rings (SSSR count). The zero-order valence-electron chi connectivity index (χ0n) is 12.2. The van der Waals surface area contributed by atoms with Crippen molar-refractivity contribution in [2.75, 3.05) is 17.2 Å². The van der Waals surface area contributed by atoms with Crippen LogP contribution in [0.5, 0.6) is 0 Å². The van der Waals surface area contributed by atoms with Gasteiger partial charge in [-0.1, -0.05) is 38.1 Å². The molecule has 0 saturated heterocycles. The number of benzene rings is 2. The van der Waals surface area contributed by atoms with Crippen LogP contribution in [0.4, 0.5) is 17.1 Å². The molecule has 0 aliphatic heterocycles. The molecular formula is C18H22N2. The third-order valence-corrected chi connectivity index (χ3v) is 3.18. The van der Waals surface area contributed by atoms with Gasteiger partial charge in [0.1, 0.15) is 0 Å². The normalized spacial score (nSPS) is 10.3. The molecule has 0 spiro atoms. The summed E-state index contributed by atoms with van der Waals surface area (Å²) in [6.07, 6.45) is 1.85. The standard InChI is InChI=1S/C18H22N2/c1-4-12-19-17-6-5-7-18(13-17)20-16-10-8-15(9-11-16)14(2)3/h4-11,13-14,19-20H,1,12H2,2-3H3. The Balaban J connectivity index is 2.07. The minimum Gasteiger partial charge on any atom is -0.382 e. The highest BCUT2D eigenvalue weighted by molar-refractivity contribution is 5.64. The first kappa shape index (κ1) is 14.2. The molecule has 0 aromatic heterocycles. The van der Waals surface area contributed by atoms with Gasteiger partial charge in [-0.25, -0.2) is 0 Å². The SMILES string of the molecule is C=CCNc1cccc(Nc2ccc(C(C)C)cc2)c1. The predicted octanol–water partition coefficient (Wildman–Crippen LogP) is 5.15. The Labute approximate surface area is 121 Å². The number of hydrogen-bond donors (Lipinski definition) is 2. The van der Waals surface area contributed by atoms with Crippen LogP contribution >= 0.6 is 0 Å². The van der Waals surface area contributed by atoms with E-state index in [0.717, 1.165) is 23.6 Å². The molecular weight excluding hydrogens is 244 g/mol. The molecule has 2 nitrogen and oxygen atoms in total. The van der Waals surface area contributed by atoms with Crippen LogP contribution < -0.4 is 10.6 Å². The fraction of sp³-hybridized carbons (Fsp3) is 0.222. The first-order valence-corrected chi connectivity index (χ1v) is 7.01. The number of rotatable bonds is 6. The molecule has 2 aromatic carbocycles. The van der Waals surface area contributed by atoms with E-state index in [1.54, 1.807) is 0 Å². The van der Waals surface area contributed by atoms with Crippen LogP contribution in [0.2, 0.25) is 0 Å². The average Bonchev–Trinajstić information content (AvgIpc) is 2.46. The van der Waals surface area contributed by atoms with Gasteiger partial charge in [-0.3, -0.25) is 0 Å². The smallest absolute Gasteiger partial charge is 0.0404 e. The fourth-order valence-corrected chi connectivity index (χ4v) is 2.01. The molecule has 20 heavy (non-hydrogen) atoms. The highest BCUT2D eigenvalue weighted by Gasteiger charge is 2.00. The van der Waals surface area contributed by atoms with Crippen molar-refractivity contribution in [2.45, 2.75) is 19.8 Å². The molecule has 0 bridgehead atoms. The highest BCUT2D eigenvalue weighted by Crippen LogP contribution is 2.22. The van der Waals surface area contributed by atoms with Gasteiger partial charge in [0.05, 0.1) is 0 Å². The van der Waals surface area contributed by atoms with Crippen molar-refractivity contribution in [3.8, 4) is 0 Å². The van der Waals surface area contributed by atoms with E-state index in [-0.39, 0.29) is 0 Å². The topological polar surface area (TPSA) is 24.1 Å². The van der Waals surface area contributed by atoms with E-state index in [0.29, 0.717) is 5.92 Å². The molecule has 0 heterocycles. The lowest BCUT2D eigenvalue weighted by Gasteiger charge is -2.11. The zero-order valence-corrected chi connectivity index (χ0v) is 12.2. The van der Waals surface area contributed by atoms with Gasteiger partial charge in [0.25, 0.3) is 0 Å². The summed E-state index contributed by atoms with van der Waals surface area (Å²) >= 11 is 0. The average molecular weight is 266 g/mol. The van der Waals surface area contributed by atoms with Gasteiger partial charge in [0, 0.05) is 23.6 Å². The molecule has 0 atom stereocenters. The maximum Gasteiger partial charge on any atom is 0.0404 e. The Kier molecular flexibility index (Phi) is 4.83. The molecule has 0 aliphatic rings. The summed E-state index contributed by atoms with van der Waals surface area (Å²) in [7, 11) is 0. The van der Waals surface area contributed by atoms with Crippen LogP contribution in [0.1, 0.15) is 25.3 Å². The van der Waals surface area contributed by atoms with Crippen LogP contribution in [-0.2, 0) is 0 Å². The Hall–Kier alpha value is -2.22. The van der Waals surface area contributed by atoms with Gasteiger partial charge < -0.3 is 10.6 Å². The molecule has 0 fully saturated rings. The van der Waals surface area contributed by atoms with Crippen LogP contribution in [0.3, 0.4) is 0 Å². The van der Waals surface area contributed by atoms with Crippen molar-refractivity contribution in [1.29, 1.82) is 0 Å². The maximum absolute atomic E-state index is 3.71. The lowest BCUT2D eigenvalue weighted by molar-refractivity contribution is 0.867. The Morgan fingerprint density at radius 3 is 2.35 bits per heavy atom. The second-order valence-electron chi connectivity index (χ2n) is 5.15. The molecule has 0 unspecified atom stereocenters. The van der Waals surface area contributed by atoms with E-state index in [4.69, 9.17) is 0 Å². The molecule has 0 amide bonds. The van der Waals surface area contributed by atoms with Crippen molar-refractivity contribution >= 4 is 17.1 Å². The summed E-state index contributed by atoms with van der Waals surface area (Å²) in [5.41, 5.74) is 4.64. The van der Waals surface area contributed by atoms with E-state index in [2.05, 4.69) is 73.5 Å². The van der Waals surface area contributed by atoms with Crippen molar-refractivity contribution in [2.24, 2.45) is 0 Å². The molecule has 104 valence electrons. The lowest BCUT2D eigenvalue weighted by Crippen LogP contribution is -1.98. The Morgan fingerprint density at radius 1 is 1.00 bits per heavy atom. The monoisotopic (exact) mass is 266 g/mol. The van der Waals surface area contributed by atoms with Gasteiger partial charge in [0.15, 0.2) is 0 Å². The van der Waals surface area contributed by atoms with Gasteiger partial charge in [0.2, 0.25) is 0 Å². The van der Waals surface area contributed by atoms with Gasteiger partial charge >= 0.3 is 0 Å². The van der Waals surface area contributed by atoms with Crippen LogP contribution in [0.25, 0.3) is 0 Å². The summed E-state index contributed by atoms with van der Waals surface area (Å²) in [5.74, 6) is 0.565. The Morgan fingerprint density at radius 2 is 1.70 bits per heavy atom. The molecule has 0 saturated carbocycles. The van der Waals surface area contributed by atoms with Gasteiger partial charge in [-0.05, 0) is 41.8 Å².